The van der Waals surface area contributed by atoms with Gasteiger partial charge < -0.3 is 9.13 Å². The molecule has 2 aliphatic rings. The van der Waals surface area contributed by atoms with E-state index < -0.39 is 0 Å². The van der Waals surface area contributed by atoms with Gasteiger partial charge in [-0.05, 0) is 105 Å². The van der Waals surface area contributed by atoms with E-state index in [9.17, 15) is 0 Å². The molecule has 0 N–H and O–H groups in total. The van der Waals surface area contributed by atoms with Crippen molar-refractivity contribution in [1.82, 2.24) is 18.7 Å². The molecular formula is C41H29BN4. The van der Waals surface area contributed by atoms with Gasteiger partial charge in [0, 0.05) is 38.4 Å². The van der Waals surface area contributed by atoms with Crippen LogP contribution in [-0.4, -0.2) is 25.4 Å². The van der Waals surface area contributed by atoms with E-state index >= 15 is 0 Å². The van der Waals surface area contributed by atoms with Crippen LogP contribution in [0.3, 0.4) is 0 Å². The third-order valence-electron chi connectivity index (χ3n) is 10.7. The monoisotopic (exact) mass is 588 g/mol. The summed E-state index contributed by atoms with van der Waals surface area (Å²) in [7, 11) is 0. The largest absolute Gasteiger partial charge is 0.310 e. The van der Waals surface area contributed by atoms with Gasteiger partial charge >= 0.3 is 0 Å². The summed E-state index contributed by atoms with van der Waals surface area (Å²) in [6.45, 7) is 8.94. The molecule has 11 rings (SSSR count). The molecule has 6 aromatic carbocycles. The van der Waals surface area contributed by atoms with E-state index in [1.54, 1.807) is 0 Å². The van der Waals surface area contributed by atoms with E-state index in [4.69, 9.17) is 4.98 Å². The van der Waals surface area contributed by atoms with Gasteiger partial charge in [-0.2, -0.15) is 0 Å². The highest BCUT2D eigenvalue weighted by molar-refractivity contribution is 7.00. The lowest BCUT2D eigenvalue weighted by Crippen LogP contribution is -2.59. The molecule has 0 unspecified atom stereocenters. The molecule has 0 saturated heterocycles. The molecule has 9 aromatic rings. The molecule has 4 nitrogen and oxygen atoms in total. The first kappa shape index (κ1) is 24.7. The minimum atomic E-state index is 0.121. The van der Waals surface area contributed by atoms with Crippen LogP contribution in [0, 0.1) is 27.7 Å². The molecule has 5 heteroatoms. The zero-order valence-electron chi connectivity index (χ0n) is 26.2. The summed E-state index contributed by atoms with van der Waals surface area (Å²) in [4.78, 5) is 4.93. The third kappa shape index (κ3) is 2.90. The molecule has 2 aliphatic heterocycles. The molecule has 0 atom stereocenters. The Morgan fingerprint density at radius 1 is 0.522 bits per heavy atom. The molecule has 46 heavy (non-hydrogen) atoms. The quantitative estimate of drug-likeness (QED) is 0.182. The second-order valence-corrected chi connectivity index (χ2v) is 13.6. The predicted octanol–water partition coefficient (Wildman–Crippen LogP) is 7.60. The second-order valence-electron chi connectivity index (χ2n) is 13.6. The number of rotatable bonds is 1. The highest BCUT2D eigenvalue weighted by Crippen LogP contribution is 2.40. The fourth-order valence-corrected chi connectivity index (χ4v) is 8.85. The molecule has 216 valence electrons. The smallest absolute Gasteiger partial charge is 0.252 e. The fraction of sp³-hybridized carbons (Fsp3) is 0.0976. The van der Waals surface area contributed by atoms with Crippen LogP contribution in [0.1, 0.15) is 22.3 Å². The molecule has 5 heterocycles. The number of fused-ring (bicyclic) bond motifs is 10. The lowest BCUT2D eigenvalue weighted by Gasteiger charge is -2.34. The standard InChI is InChI=1S/C41H29BN4/c1-22-8-11-34-27(14-22)28-15-23(2)9-12-35(28)45(34)26-19-37-39-38(20-26)46-36-13-10-24(3)16-29(36)30-17-25(4)18-32(40(30)46)42(39)31-6-5-7-33-41(31)44(37)21-43-33/h5-21H,1-4H3. The summed E-state index contributed by atoms with van der Waals surface area (Å²) in [5.74, 6) is 0. The number of imidazole rings is 1. The lowest BCUT2D eigenvalue weighted by molar-refractivity contribution is 1.07. The van der Waals surface area contributed by atoms with Crippen molar-refractivity contribution in [3.63, 3.8) is 0 Å². The number of hydrogen-bond donors (Lipinski definition) is 0. The van der Waals surface area contributed by atoms with Crippen molar-refractivity contribution in [2.45, 2.75) is 27.7 Å². The molecule has 0 spiro atoms. The van der Waals surface area contributed by atoms with Gasteiger partial charge in [-0.25, -0.2) is 4.98 Å². The fourth-order valence-electron chi connectivity index (χ4n) is 8.85. The minimum Gasteiger partial charge on any atom is -0.310 e. The number of hydrogen-bond acceptors (Lipinski definition) is 1. The molecular weight excluding hydrogens is 559 g/mol. The summed E-state index contributed by atoms with van der Waals surface area (Å²) >= 11 is 0. The van der Waals surface area contributed by atoms with Gasteiger partial charge in [-0.15, -0.1) is 0 Å². The van der Waals surface area contributed by atoms with Crippen molar-refractivity contribution in [1.29, 1.82) is 0 Å². The third-order valence-corrected chi connectivity index (χ3v) is 10.7. The van der Waals surface area contributed by atoms with Crippen molar-refractivity contribution >= 4 is 77.7 Å². The maximum Gasteiger partial charge on any atom is 0.252 e. The maximum absolute atomic E-state index is 4.93. The Labute approximate surface area is 266 Å². The molecule has 0 fully saturated rings. The lowest BCUT2D eigenvalue weighted by atomic mass is 9.34. The van der Waals surface area contributed by atoms with E-state index in [-0.39, 0.29) is 6.71 Å². The second kappa shape index (κ2) is 8.18. The van der Waals surface area contributed by atoms with Crippen LogP contribution in [0.5, 0.6) is 0 Å². The first-order valence-electron chi connectivity index (χ1n) is 16.2. The average Bonchev–Trinajstić information content (AvgIpc) is 3.72. The summed E-state index contributed by atoms with van der Waals surface area (Å²) in [5, 5.41) is 5.24. The summed E-state index contributed by atoms with van der Waals surface area (Å²) < 4.78 is 7.38. The Kier molecular flexibility index (Phi) is 4.40. The van der Waals surface area contributed by atoms with E-state index in [1.807, 2.05) is 6.33 Å². The number of aromatic nitrogens is 4. The first-order chi connectivity index (χ1) is 22.4. The molecule has 0 saturated carbocycles. The van der Waals surface area contributed by atoms with Gasteiger partial charge in [0.25, 0.3) is 6.71 Å². The van der Waals surface area contributed by atoms with E-state index in [2.05, 4.69) is 138 Å². The highest BCUT2D eigenvalue weighted by Gasteiger charge is 2.40. The summed E-state index contributed by atoms with van der Waals surface area (Å²) in [6, 6.07) is 37.0. The van der Waals surface area contributed by atoms with Crippen LogP contribution in [0.4, 0.5) is 0 Å². The Morgan fingerprint density at radius 2 is 1.13 bits per heavy atom. The highest BCUT2D eigenvalue weighted by atomic mass is 15.1. The summed E-state index contributed by atoms with van der Waals surface area (Å²) in [5.41, 5.74) is 20.1. The van der Waals surface area contributed by atoms with Gasteiger partial charge in [0.1, 0.15) is 6.33 Å². The molecule has 0 aliphatic carbocycles. The van der Waals surface area contributed by atoms with Crippen molar-refractivity contribution in [3.8, 4) is 17.1 Å². The Balaban J connectivity index is 1.37. The van der Waals surface area contributed by atoms with E-state index in [1.165, 1.54) is 105 Å². The van der Waals surface area contributed by atoms with Gasteiger partial charge in [0.15, 0.2) is 0 Å². The van der Waals surface area contributed by atoms with Crippen LogP contribution < -0.4 is 16.4 Å². The number of aryl methyl sites for hydroxylation is 4. The number of nitrogens with zero attached hydrogens (tertiary/aromatic N) is 4. The Hall–Kier alpha value is -5.55. The van der Waals surface area contributed by atoms with Gasteiger partial charge in [-0.1, -0.05) is 58.7 Å². The van der Waals surface area contributed by atoms with Crippen LogP contribution in [-0.2, 0) is 0 Å². The molecule has 3 aromatic heterocycles. The van der Waals surface area contributed by atoms with Crippen LogP contribution >= 0.6 is 0 Å². The average molecular weight is 589 g/mol. The zero-order chi connectivity index (χ0) is 30.6. The van der Waals surface area contributed by atoms with Crippen molar-refractivity contribution in [3.05, 3.63) is 126 Å². The van der Waals surface area contributed by atoms with Crippen molar-refractivity contribution in [2.24, 2.45) is 0 Å². The van der Waals surface area contributed by atoms with Crippen LogP contribution in [0.15, 0.2) is 103 Å². The Morgan fingerprint density at radius 3 is 1.83 bits per heavy atom. The SMILES string of the molecule is Cc1ccc2c(c1)c1cc(C)ccc1n2-c1cc2c3c(c1)-n1c4ccc(C)cc4c4cc(C)cc(c41)B3c1cccc3ncn-2c13. The Bertz CT molecular complexity index is 2800. The first-order valence-corrected chi connectivity index (χ1v) is 16.2. The molecule has 0 radical (unpaired) electrons. The van der Waals surface area contributed by atoms with Crippen LogP contribution in [0.25, 0.3) is 71.7 Å². The van der Waals surface area contributed by atoms with Gasteiger partial charge in [0.05, 0.1) is 33.3 Å². The molecule has 0 amide bonds. The topological polar surface area (TPSA) is 27.7 Å². The van der Waals surface area contributed by atoms with Crippen molar-refractivity contribution in [2.75, 3.05) is 0 Å². The maximum atomic E-state index is 4.93. The molecule has 0 bridgehead atoms. The van der Waals surface area contributed by atoms with E-state index in [0.29, 0.717) is 0 Å². The van der Waals surface area contributed by atoms with Gasteiger partial charge in [-0.3, -0.25) is 4.57 Å². The van der Waals surface area contributed by atoms with Crippen molar-refractivity contribution < 1.29 is 0 Å². The van der Waals surface area contributed by atoms with Crippen LogP contribution in [0.2, 0.25) is 0 Å². The predicted molar refractivity (Wildman–Crippen MR) is 193 cm³/mol. The van der Waals surface area contributed by atoms with E-state index in [0.717, 1.165) is 5.52 Å². The van der Waals surface area contributed by atoms with Gasteiger partial charge in [0.2, 0.25) is 0 Å². The summed E-state index contributed by atoms with van der Waals surface area (Å²) in [6.07, 6.45) is 2.03. The number of para-hydroxylation sites is 1. The number of benzene rings is 6. The normalized spacial score (nSPS) is 13.2. The minimum absolute atomic E-state index is 0.121. The zero-order valence-corrected chi connectivity index (χ0v) is 26.2.